The number of fused-ring (bicyclic) bond motifs is 1. The maximum Gasteiger partial charge on any atom is 0.231 e. The maximum absolute atomic E-state index is 13.1. The SMILES string of the molecule is Cc1ccc(Cl)c2sc(N(CCCN(C)C)C(=O)C3CCCC3)nc12. The minimum atomic E-state index is 0.155. The van der Waals surface area contributed by atoms with Gasteiger partial charge in [0.2, 0.25) is 5.91 Å². The van der Waals surface area contributed by atoms with E-state index in [0.29, 0.717) is 11.6 Å². The lowest BCUT2D eigenvalue weighted by Gasteiger charge is -2.24. The molecule has 1 aromatic heterocycles. The number of carbonyl (C=O) groups excluding carboxylic acids is 1. The van der Waals surface area contributed by atoms with Gasteiger partial charge < -0.3 is 4.90 Å². The number of amides is 1. The number of nitrogens with zero attached hydrogens (tertiary/aromatic N) is 3. The zero-order valence-electron chi connectivity index (χ0n) is 15.2. The Hall–Kier alpha value is -1.17. The number of aromatic nitrogens is 1. The highest BCUT2D eigenvalue weighted by molar-refractivity contribution is 7.23. The van der Waals surface area contributed by atoms with Crippen LogP contribution in [-0.4, -0.2) is 43.0 Å². The molecule has 1 aromatic carbocycles. The molecule has 3 rings (SSSR count). The number of aryl methyl sites for hydroxylation is 1. The normalized spacial score (nSPS) is 15.4. The molecule has 136 valence electrons. The molecule has 0 radical (unpaired) electrons. The van der Waals surface area contributed by atoms with Crippen molar-refractivity contribution in [1.82, 2.24) is 9.88 Å². The van der Waals surface area contributed by atoms with E-state index in [1.165, 1.54) is 0 Å². The van der Waals surface area contributed by atoms with Gasteiger partial charge in [-0.15, -0.1) is 0 Å². The Morgan fingerprint density at radius 1 is 1.28 bits per heavy atom. The second-order valence-electron chi connectivity index (χ2n) is 7.17. The standard InChI is InChI=1S/C19H26ClN3OS/c1-13-9-10-15(20)17-16(13)21-19(25-17)23(12-6-11-22(2)3)18(24)14-7-4-5-8-14/h9-10,14H,4-8,11-12H2,1-3H3. The molecular formula is C19H26ClN3OS. The first-order valence-electron chi connectivity index (χ1n) is 8.99. The topological polar surface area (TPSA) is 36.4 Å². The highest BCUT2D eigenvalue weighted by Gasteiger charge is 2.29. The number of rotatable bonds is 6. The molecule has 0 unspecified atom stereocenters. The first-order valence-corrected chi connectivity index (χ1v) is 10.2. The van der Waals surface area contributed by atoms with E-state index in [2.05, 4.69) is 19.0 Å². The van der Waals surface area contributed by atoms with Crippen LogP contribution in [0.4, 0.5) is 5.13 Å². The first kappa shape index (κ1) is 18.6. The molecule has 1 fully saturated rings. The van der Waals surface area contributed by atoms with Gasteiger partial charge >= 0.3 is 0 Å². The molecule has 2 aromatic rings. The highest BCUT2D eigenvalue weighted by Crippen LogP contribution is 2.37. The fourth-order valence-electron chi connectivity index (χ4n) is 3.44. The van der Waals surface area contributed by atoms with Gasteiger partial charge in [0.05, 0.1) is 15.2 Å². The predicted molar refractivity (Wildman–Crippen MR) is 107 cm³/mol. The van der Waals surface area contributed by atoms with Crippen molar-refractivity contribution in [2.75, 3.05) is 32.1 Å². The molecule has 1 aliphatic rings. The summed E-state index contributed by atoms with van der Waals surface area (Å²) in [6.45, 7) is 3.71. The fourth-order valence-corrected chi connectivity index (χ4v) is 4.79. The summed E-state index contributed by atoms with van der Waals surface area (Å²) >= 11 is 7.90. The summed E-state index contributed by atoms with van der Waals surface area (Å²) in [5, 5.41) is 1.51. The van der Waals surface area contributed by atoms with Crippen LogP contribution in [0.25, 0.3) is 10.2 Å². The number of anilines is 1. The lowest BCUT2D eigenvalue weighted by atomic mass is 10.1. The van der Waals surface area contributed by atoms with Crippen molar-refractivity contribution in [1.29, 1.82) is 0 Å². The van der Waals surface area contributed by atoms with Gasteiger partial charge in [-0.3, -0.25) is 9.69 Å². The third-order valence-electron chi connectivity index (χ3n) is 4.87. The number of carbonyl (C=O) groups is 1. The molecular weight excluding hydrogens is 354 g/mol. The van der Waals surface area contributed by atoms with Crippen LogP contribution < -0.4 is 4.90 Å². The van der Waals surface area contributed by atoms with Crippen molar-refractivity contribution in [3.63, 3.8) is 0 Å². The summed E-state index contributed by atoms with van der Waals surface area (Å²) in [5.74, 6) is 0.395. The van der Waals surface area contributed by atoms with Gasteiger partial charge in [-0.25, -0.2) is 4.98 Å². The van der Waals surface area contributed by atoms with Gasteiger partial charge in [-0.05, 0) is 58.5 Å². The smallest absolute Gasteiger partial charge is 0.231 e. The number of benzene rings is 1. The quantitative estimate of drug-likeness (QED) is 0.727. The third-order valence-corrected chi connectivity index (χ3v) is 6.41. The van der Waals surface area contributed by atoms with Gasteiger partial charge in [-0.1, -0.05) is 41.8 Å². The van der Waals surface area contributed by atoms with Crippen LogP contribution in [0.3, 0.4) is 0 Å². The Kier molecular flexibility index (Phi) is 5.97. The van der Waals surface area contributed by atoms with Crippen LogP contribution in [0.5, 0.6) is 0 Å². The Labute approximate surface area is 158 Å². The van der Waals surface area contributed by atoms with E-state index in [1.807, 2.05) is 24.0 Å². The summed E-state index contributed by atoms with van der Waals surface area (Å²) in [6.07, 6.45) is 5.27. The van der Waals surface area contributed by atoms with Gasteiger partial charge in [0.1, 0.15) is 0 Å². The van der Waals surface area contributed by atoms with Crippen molar-refractivity contribution < 1.29 is 4.79 Å². The molecule has 25 heavy (non-hydrogen) atoms. The van der Waals surface area contributed by atoms with Gasteiger partial charge in [0, 0.05) is 12.5 Å². The predicted octanol–water partition coefficient (Wildman–Crippen LogP) is 4.73. The molecule has 1 amide bonds. The van der Waals surface area contributed by atoms with E-state index in [0.717, 1.165) is 59.6 Å². The summed E-state index contributed by atoms with van der Waals surface area (Å²) in [7, 11) is 4.12. The Bertz CT molecular complexity index is 713. The van der Waals surface area contributed by atoms with Gasteiger partial charge in [0.25, 0.3) is 0 Å². The summed E-state index contributed by atoms with van der Waals surface area (Å²) < 4.78 is 0.980. The van der Waals surface area contributed by atoms with Crippen LogP contribution in [0, 0.1) is 12.8 Å². The van der Waals surface area contributed by atoms with Gasteiger partial charge in [-0.2, -0.15) is 0 Å². The monoisotopic (exact) mass is 379 g/mol. The van der Waals surface area contributed by atoms with E-state index in [9.17, 15) is 4.79 Å². The second-order valence-corrected chi connectivity index (χ2v) is 8.55. The number of thiazole rings is 1. The van der Waals surface area contributed by atoms with Crippen LogP contribution in [0.2, 0.25) is 5.02 Å². The van der Waals surface area contributed by atoms with E-state index in [4.69, 9.17) is 16.6 Å². The fraction of sp³-hybridized carbons (Fsp3) is 0.579. The van der Waals surface area contributed by atoms with Crippen LogP contribution in [0.1, 0.15) is 37.7 Å². The molecule has 4 nitrogen and oxygen atoms in total. The minimum Gasteiger partial charge on any atom is -0.309 e. The van der Waals surface area contributed by atoms with Crippen molar-refractivity contribution in [3.05, 3.63) is 22.7 Å². The third kappa shape index (κ3) is 4.15. The summed E-state index contributed by atoms with van der Waals surface area (Å²) in [6, 6.07) is 3.90. The van der Waals surface area contributed by atoms with Crippen LogP contribution in [-0.2, 0) is 4.79 Å². The minimum absolute atomic E-state index is 0.155. The molecule has 0 spiro atoms. The Balaban J connectivity index is 1.91. The molecule has 1 saturated carbocycles. The molecule has 1 heterocycles. The van der Waals surface area contributed by atoms with Crippen LogP contribution >= 0.6 is 22.9 Å². The lowest BCUT2D eigenvalue weighted by Crippen LogP contribution is -2.37. The van der Waals surface area contributed by atoms with Gasteiger partial charge in [0.15, 0.2) is 5.13 Å². The lowest BCUT2D eigenvalue weighted by molar-refractivity contribution is -0.122. The molecule has 0 aliphatic heterocycles. The van der Waals surface area contributed by atoms with E-state index in [1.54, 1.807) is 11.3 Å². The molecule has 0 bridgehead atoms. The molecule has 0 atom stereocenters. The van der Waals surface area contributed by atoms with Crippen molar-refractivity contribution >= 4 is 44.2 Å². The molecule has 1 aliphatic carbocycles. The average molecular weight is 380 g/mol. The van der Waals surface area contributed by atoms with E-state index < -0.39 is 0 Å². The zero-order chi connectivity index (χ0) is 18.0. The average Bonchev–Trinajstić information content (AvgIpc) is 3.24. The largest absolute Gasteiger partial charge is 0.309 e. The van der Waals surface area contributed by atoms with Crippen molar-refractivity contribution in [2.24, 2.45) is 5.92 Å². The molecule has 0 saturated heterocycles. The Morgan fingerprint density at radius 2 is 2.00 bits per heavy atom. The van der Waals surface area contributed by atoms with Crippen molar-refractivity contribution in [3.8, 4) is 0 Å². The molecule has 0 N–H and O–H groups in total. The first-order chi connectivity index (χ1) is 12.0. The number of halogens is 1. The van der Waals surface area contributed by atoms with E-state index >= 15 is 0 Å². The second kappa shape index (κ2) is 8.02. The maximum atomic E-state index is 13.1. The van der Waals surface area contributed by atoms with Crippen molar-refractivity contribution in [2.45, 2.75) is 39.0 Å². The summed E-state index contributed by atoms with van der Waals surface area (Å²) in [4.78, 5) is 22.0. The highest BCUT2D eigenvalue weighted by atomic mass is 35.5. The van der Waals surface area contributed by atoms with Crippen LogP contribution in [0.15, 0.2) is 12.1 Å². The summed E-state index contributed by atoms with van der Waals surface area (Å²) in [5.41, 5.74) is 2.02. The van der Waals surface area contributed by atoms with E-state index in [-0.39, 0.29) is 11.8 Å². The number of hydrogen-bond donors (Lipinski definition) is 0. The molecule has 6 heteroatoms. The zero-order valence-corrected chi connectivity index (χ0v) is 16.8. The Morgan fingerprint density at radius 3 is 2.64 bits per heavy atom. The number of hydrogen-bond acceptors (Lipinski definition) is 4.